The van der Waals surface area contributed by atoms with Gasteiger partial charge in [0.05, 0.1) is 11.5 Å². The maximum absolute atomic E-state index is 14.7. The number of carboxylic acids is 3. The van der Waals surface area contributed by atoms with Crippen LogP contribution in [0, 0.1) is 50.2 Å². The predicted molar refractivity (Wildman–Crippen MR) is 193 cm³/mol. The van der Waals surface area contributed by atoms with Crippen molar-refractivity contribution in [3.05, 3.63) is 11.1 Å². The lowest BCUT2D eigenvalue weighted by atomic mass is 9.22. The van der Waals surface area contributed by atoms with Crippen LogP contribution in [0.25, 0.3) is 0 Å². The van der Waals surface area contributed by atoms with Crippen molar-refractivity contribution < 1.29 is 79.0 Å². The second kappa shape index (κ2) is 13.0. The van der Waals surface area contributed by atoms with E-state index in [2.05, 4.69) is 20.8 Å². The molecule has 2 heterocycles. The van der Waals surface area contributed by atoms with Crippen molar-refractivity contribution in [3.8, 4) is 0 Å². The highest BCUT2D eigenvalue weighted by atomic mass is 16.8. The van der Waals surface area contributed by atoms with Crippen LogP contribution in [-0.2, 0) is 38.1 Å². The molecule has 0 bridgehead atoms. The first kappa shape index (κ1) is 41.2. The zero-order valence-corrected chi connectivity index (χ0v) is 33.3. The molecule has 6 aliphatic carbocycles. The van der Waals surface area contributed by atoms with E-state index in [9.17, 15) is 60.0 Å². The van der Waals surface area contributed by atoms with E-state index in [1.807, 2.05) is 20.8 Å². The molecule has 8 N–H and O–H groups in total. The summed E-state index contributed by atoms with van der Waals surface area (Å²) in [5, 5.41) is 82.8. The highest BCUT2D eigenvalue weighted by molar-refractivity contribution is 6.11. The summed E-state index contributed by atoms with van der Waals surface area (Å²) in [6.45, 7) is 12.7. The number of ketones is 1. The van der Waals surface area contributed by atoms with E-state index >= 15 is 0 Å². The number of carbonyl (C=O) groups is 4. The topological polar surface area (TPSA) is 267 Å². The minimum atomic E-state index is -2.04. The van der Waals surface area contributed by atoms with Gasteiger partial charge in [0.25, 0.3) is 0 Å². The van der Waals surface area contributed by atoms with Crippen LogP contribution in [0.1, 0.15) is 99.3 Å². The van der Waals surface area contributed by atoms with Crippen LogP contribution in [0.5, 0.6) is 0 Å². The summed E-state index contributed by atoms with van der Waals surface area (Å²) >= 11 is 0. The summed E-state index contributed by atoms with van der Waals surface area (Å²) in [5.41, 5.74) is -0.334. The van der Waals surface area contributed by atoms with E-state index in [1.54, 1.807) is 0 Å². The van der Waals surface area contributed by atoms with Gasteiger partial charge >= 0.3 is 17.9 Å². The molecule has 0 aromatic heterocycles. The first-order valence-corrected chi connectivity index (χ1v) is 20.4. The molecule has 8 aliphatic rings. The van der Waals surface area contributed by atoms with Gasteiger partial charge in [-0.25, -0.2) is 9.59 Å². The number of carbonyl (C=O) groups excluding carboxylic acids is 1. The van der Waals surface area contributed by atoms with Crippen LogP contribution >= 0.6 is 0 Å². The molecule has 2 saturated heterocycles. The Bertz CT molecular complexity index is 1780. The molecule has 318 valence electrons. The van der Waals surface area contributed by atoms with Crippen LogP contribution in [0.4, 0.5) is 0 Å². The molecule has 2 aliphatic heterocycles. The number of Topliss-reactive ketones (excluding diaryl/α,β-unsaturated/α-hetero) is 1. The van der Waals surface area contributed by atoms with E-state index in [0.717, 1.165) is 37.7 Å². The first-order chi connectivity index (χ1) is 26.4. The fourth-order valence-corrected chi connectivity index (χ4v) is 13.9. The minimum absolute atomic E-state index is 0.0420. The molecule has 0 radical (unpaired) electrons. The summed E-state index contributed by atoms with van der Waals surface area (Å²) < 4.78 is 23.3. The maximum atomic E-state index is 14.7. The van der Waals surface area contributed by atoms with Crippen LogP contribution in [0.2, 0.25) is 0 Å². The predicted octanol–water partition coefficient (Wildman–Crippen LogP) is 1.61. The second-order valence-electron chi connectivity index (χ2n) is 20.3. The Balaban J connectivity index is 1.06. The molecule has 0 unspecified atom stereocenters. The van der Waals surface area contributed by atoms with Gasteiger partial charge in [-0.1, -0.05) is 40.2 Å². The highest BCUT2D eigenvalue weighted by Crippen LogP contribution is 2.86. The van der Waals surface area contributed by atoms with E-state index in [1.165, 1.54) is 5.57 Å². The number of rotatable bonds is 7. The number of hydrogen-bond acceptors (Lipinski definition) is 13. The Morgan fingerprint density at radius 2 is 1.28 bits per heavy atom. The van der Waals surface area contributed by atoms with Crippen molar-refractivity contribution in [3.63, 3.8) is 0 Å². The van der Waals surface area contributed by atoms with Crippen molar-refractivity contribution in [2.75, 3.05) is 0 Å². The van der Waals surface area contributed by atoms with Crippen molar-refractivity contribution in [1.82, 2.24) is 0 Å². The Hall–Kier alpha value is -2.54. The summed E-state index contributed by atoms with van der Waals surface area (Å²) in [7, 11) is 0. The zero-order valence-electron chi connectivity index (χ0n) is 33.3. The van der Waals surface area contributed by atoms with E-state index in [-0.39, 0.29) is 39.8 Å². The molecule has 0 aromatic carbocycles. The number of carboxylic acid groups (broad SMARTS) is 3. The Kier molecular flexibility index (Phi) is 9.38. The minimum Gasteiger partial charge on any atom is -0.481 e. The molecule has 19 atom stereocenters. The van der Waals surface area contributed by atoms with Crippen LogP contribution in [0.15, 0.2) is 11.1 Å². The standard InChI is InChI=1S/C41H58O16/c1-36(2)17-7-10-41-20(19-16-15-38(4,35(52)53)12-11-37(16,3)13-14-40(19,41)6)21(42)30(41)39(17,5)9-8-18(36)54-34-29(25(46)24(45)28(56-34)32(50)51)57-33-26(47)22(43)23(44)27(55-33)31(48)49/h16-18,22-30,33-34,43-47H,7-15H2,1-6H3,(H,48,49)(H,50,51)(H,52,53)/t16-,17-,18+,22-,23-,24-,25-,26+,27-,28-,29+,30+,33-,34-,37+,38+,39-,40+,41-/m1/s1. The van der Waals surface area contributed by atoms with Crippen molar-refractivity contribution >= 4 is 23.7 Å². The Labute approximate surface area is 330 Å². The molecular formula is C41H58O16. The van der Waals surface area contributed by atoms with E-state index in [4.69, 9.17) is 18.9 Å². The van der Waals surface area contributed by atoms with Crippen LogP contribution in [-0.4, -0.2) is 132 Å². The molecule has 16 heteroatoms. The number of hydrogen-bond donors (Lipinski definition) is 8. The molecular weight excluding hydrogens is 748 g/mol. The quantitative estimate of drug-likeness (QED) is 0.170. The smallest absolute Gasteiger partial charge is 0.335 e. The summed E-state index contributed by atoms with van der Waals surface area (Å²) in [5.74, 6) is -4.13. The fraction of sp³-hybridized carbons (Fsp3) is 0.854. The van der Waals surface area contributed by atoms with Gasteiger partial charge in [-0.3, -0.25) is 9.59 Å². The largest absolute Gasteiger partial charge is 0.481 e. The van der Waals surface area contributed by atoms with Crippen LogP contribution < -0.4 is 0 Å². The summed E-state index contributed by atoms with van der Waals surface area (Å²) in [4.78, 5) is 51.0. The lowest BCUT2D eigenvalue weighted by Gasteiger charge is -2.80. The summed E-state index contributed by atoms with van der Waals surface area (Å²) in [6, 6.07) is 0. The average molecular weight is 807 g/mol. The van der Waals surface area contributed by atoms with Gasteiger partial charge in [0, 0.05) is 16.9 Å². The van der Waals surface area contributed by atoms with Gasteiger partial charge in [-0.05, 0) is 98.2 Å². The molecule has 8 rings (SSSR count). The molecule has 1 spiro atoms. The third-order valence-electron chi connectivity index (χ3n) is 17.2. The number of aliphatic hydroxyl groups excluding tert-OH is 5. The zero-order chi connectivity index (χ0) is 41.7. The Morgan fingerprint density at radius 1 is 0.684 bits per heavy atom. The average Bonchev–Trinajstić information content (AvgIpc) is 3.13. The number of aliphatic carboxylic acids is 3. The lowest BCUT2D eigenvalue weighted by molar-refractivity contribution is -0.371. The normalized spacial score (nSPS) is 53.8. The van der Waals surface area contributed by atoms with Gasteiger partial charge < -0.3 is 59.8 Å². The first-order valence-electron chi connectivity index (χ1n) is 20.4. The van der Waals surface area contributed by atoms with Crippen molar-refractivity contribution in [1.29, 1.82) is 0 Å². The maximum Gasteiger partial charge on any atom is 0.335 e. The SMILES string of the molecule is CC1(C)[C@@H](O[C@@H]2O[C@@H](C(=O)O)[C@H](O)[C@@H](O)[C@@H]2O[C@H]2O[C@@H](C(=O)O)[C@H](O)[C@@H](O)[C@@H]2O)CC[C@]2(C)[C@@H]1CC[C@]13C(=C4[C@H]5C[C@@](C)(C(=O)O)CC[C@@]5(C)CC[C@@]41C)C(=O)[C@@H]23. The van der Waals surface area contributed by atoms with Gasteiger partial charge in [0.2, 0.25) is 0 Å². The van der Waals surface area contributed by atoms with E-state index in [0.29, 0.717) is 25.7 Å². The van der Waals surface area contributed by atoms with Gasteiger partial charge in [-0.2, -0.15) is 0 Å². The van der Waals surface area contributed by atoms with Crippen molar-refractivity contribution in [2.24, 2.45) is 50.2 Å². The number of ether oxygens (including phenoxy) is 4. The highest BCUT2D eigenvalue weighted by Gasteiger charge is 2.83. The monoisotopic (exact) mass is 806 g/mol. The van der Waals surface area contributed by atoms with Crippen LogP contribution in [0.3, 0.4) is 0 Å². The van der Waals surface area contributed by atoms with Gasteiger partial charge in [-0.15, -0.1) is 0 Å². The molecule has 0 amide bonds. The number of aliphatic hydroxyl groups is 5. The molecule has 7 fully saturated rings. The fourth-order valence-electron chi connectivity index (χ4n) is 13.9. The summed E-state index contributed by atoms with van der Waals surface area (Å²) in [6.07, 6.45) is -13.7. The van der Waals surface area contributed by atoms with Crippen molar-refractivity contribution in [2.45, 2.75) is 167 Å². The van der Waals surface area contributed by atoms with Gasteiger partial charge in [0.1, 0.15) is 36.6 Å². The molecule has 0 aromatic rings. The van der Waals surface area contributed by atoms with Gasteiger partial charge in [0.15, 0.2) is 30.6 Å². The molecule has 57 heavy (non-hydrogen) atoms. The number of allylic oxidation sites excluding steroid dienone is 2. The van der Waals surface area contributed by atoms with E-state index < -0.39 is 102 Å². The molecule has 16 nitrogen and oxygen atoms in total. The third-order valence-corrected chi connectivity index (χ3v) is 17.2. The second-order valence-corrected chi connectivity index (χ2v) is 20.3. The lowest BCUT2D eigenvalue weighted by Crippen LogP contribution is -2.78. The number of fused-ring (bicyclic) bond motifs is 5. The third kappa shape index (κ3) is 5.30. The molecule has 5 saturated carbocycles. The Morgan fingerprint density at radius 3 is 1.89 bits per heavy atom.